The van der Waals surface area contributed by atoms with Crippen LogP contribution in [0.3, 0.4) is 0 Å². The number of pyridine rings is 1. The van der Waals surface area contributed by atoms with Crippen LogP contribution in [0.15, 0.2) is 36.5 Å². The van der Waals surface area contributed by atoms with Crippen LogP contribution in [0.5, 0.6) is 11.5 Å². The molecule has 1 atom stereocenters. The molecule has 1 aliphatic rings. The Morgan fingerprint density at radius 1 is 1.27 bits per heavy atom. The van der Waals surface area contributed by atoms with Gasteiger partial charge in [0, 0.05) is 43.5 Å². The van der Waals surface area contributed by atoms with Crippen LogP contribution in [0.2, 0.25) is 0 Å². The molecular formula is C23H21FN4O4S. The zero-order valence-corrected chi connectivity index (χ0v) is 18.8. The number of amides is 2. The van der Waals surface area contributed by atoms with Crippen LogP contribution < -0.4 is 10.1 Å². The van der Waals surface area contributed by atoms with E-state index in [0.29, 0.717) is 51.6 Å². The number of aromatic nitrogens is 2. The molecule has 0 aliphatic carbocycles. The first-order valence-electron chi connectivity index (χ1n) is 10.4. The van der Waals surface area contributed by atoms with Crippen molar-refractivity contribution in [2.75, 3.05) is 20.1 Å². The first-order chi connectivity index (χ1) is 15.9. The van der Waals surface area contributed by atoms with Gasteiger partial charge >= 0.3 is 6.03 Å². The van der Waals surface area contributed by atoms with Crippen LogP contribution in [0.4, 0.5) is 9.18 Å². The summed E-state index contributed by atoms with van der Waals surface area (Å²) in [5, 5.41) is 12.5. The van der Waals surface area contributed by atoms with E-state index in [1.807, 2.05) is 0 Å². The predicted molar refractivity (Wildman–Crippen MR) is 123 cm³/mol. The van der Waals surface area contributed by atoms with Crippen LogP contribution in [0.25, 0.3) is 21.1 Å². The van der Waals surface area contributed by atoms with Crippen molar-refractivity contribution in [3.05, 3.63) is 52.9 Å². The van der Waals surface area contributed by atoms with E-state index in [1.54, 1.807) is 42.3 Å². The second-order valence-corrected chi connectivity index (χ2v) is 8.97. The number of thiophene rings is 1. The van der Waals surface area contributed by atoms with Crippen LogP contribution >= 0.6 is 11.3 Å². The number of nitrogens with one attached hydrogen (secondary N) is 1. The van der Waals surface area contributed by atoms with Gasteiger partial charge in [-0.1, -0.05) is 0 Å². The van der Waals surface area contributed by atoms with E-state index < -0.39 is 11.9 Å². The second-order valence-electron chi connectivity index (χ2n) is 7.92. The number of hydrogen-bond acceptors (Lipinski definition) is 6. The van der Waals surface area contributed by atoms with Crippen LogP contribution in [0.1, 0.15) is 21.8 Å². The van der Waals surface area contributed by atoms with E-state index in [9.17, 15) is 14.7 Å². The number of halogens is 1. The van der Waals surface area contributed by atoms with E-state index in [0.717, 1.165) is 0 Å². The summed E-state index contributed by atoms with van der Waals surface area (Å²) in [7, 11) is 1.52. The number of fused-ring (bicyclic) bond motifs is 2. The van der Waals surface area contributed by atoms with Gasteiger partial charge in [0.2, 0.25) is 0 Å². The number of benzene rings is 1. The van der Waals surface area contributed by atoms with Crippen LogP contribution in [0, 0.1) is 12.7 Å². The molecule has 5 rings (SSSR count). The third-order valence-electron chi connectivity index (χ3n) is 5.74. The van der Waals surface area contributed by atoms with Gasteiger partial charge in [0.25, 0.3) is 5.91 Å². The monoisotopic (exact) mass is 468 g/mol. The Morgan fingerprint density at radius 2 is 2.09 bits per heavy atom. The Bertz CT molecular complexity index is 1410. The third-order valence-corrected chi connectivity index (χ3v) is 6.87. The van der Waals surface area contributed by atoms with Crippen molar-refractivity contribution in [2.24, 2.45) is 0 Å². The zero-order valence-electron chi connectivity index (χ0n) is 18.0. The number of aryl methyl sites for hydroxylation is 1. The maximum atomic E-state index is 15.3. The average Bonchev–Trinajstić information content (AvgIpc) is 3.51. The molecule has 1 aromatic carbocycles. The Labute approximate surface area is 192 Å². The highest BCUT2D eigenvalue weighted by Gasteiger charge is 2.27. The van der Waals surface area contributed by atoms with Crippen molar-refractivity contribution >= 4 is 44.4 Å². The summed E-state index contributed by atoms with van der Waals surface area (Å²) in [4.78, 5) is 31.4. The second kappa shape index (κ2) is 8.13. The lowest BCUT2D eigenvalue weighted by molar-refractivity contribution is 0.0769. The quantitative estimate of drug-likeness (QED) is 0.476. The summed E-state index contributed by atoms with van der Waals surface area (Å²) in [5.41, 5.74) is 1.61. The molecular weight excluding hydrogens is 447 g/mol. The first-order valence-corrected chi connectivity index (χ1v) is 11.3. The molecule has 0 bridgehead atoms. The van der Waals surface area contributed by atoms with Gasteiger partial charge in [-0.2, -0.15) is 0 Å². The summed E-state index contributed by atoms with van der Waals surface area (Å²) in [5.74, 6) is -0.361. The van der Waals surface area contributed by atoms with E-state index >= 15 is 4.39 Å². The molecule has 2 N–H and O–H groups in total. The molecule has 1 saturated heterocycles. The molecule has 4 heterocycles. The molecule has 1 fully saturated rings. The Morgan fingerprint density at radius 3 is 2.82 bits per heavy atom. The minimum absolute atomic E-state index is 0.00741. The molecule has 10 heteroatoms. The molecule has 0 unspecified atom stereocenters. The number of aliphatic hydroxyl groups excluding tert-OH is 1. The lowest BCUT2D eigenvalue weighted by atomic mass is 10.2. The highest BCUT2D eigenvalue weighted by atomic mass is 32.1. The van der Waals surface area contributed by atoms with Gasteiger partial charge in [0.05, 0.1) is 26.7 Å². The van der Waals surface area contributed by atoms with E-state index in [2.05, 4.69) is 10.3 Å². The first kappa shape index (κ1) is 21.4. The minimum atomic E-state index is -0.581. The molecule has 3 aromatic heterocycles. The SMILES string of the molecule is CNC(=O)n1c(C)cc2c(F)c(Oc3ccnc4cc(C(=O)N5CC[C@H](O)C5)sc34)ccc21. The van der Waals surface area contributed by atoms with Gasteiger partial charge in [-0.15, -0.1) is 11.3 Å². The number of ether oxygens (including phenoxy) is 1. The normalized spacial score (nSPS) is 16.0. The summed E-state index contributed by atoms with van der Waals surface area (Å²) in [6, 6.07) is 7.67. The van der Waals surface area contributed by atoms with Crippen molar-refractivity contribution in [2.45, 2.75) is 19.4 Å². The third kappa shape index (κ3) is 3.61. The van der Waals surface area contributed by atoms with Crippen molar-refractivity contribution in [3.63, 3.8) is 0 Å². The van der Waals surface area contributed by atoms with Crippen molar-refractivity contribution in [1.82, 2.24) is 19.8 Å². The number of β-amino-alcohol motifs (C(OH)–C–C–N with tert-alkyl or cyclic N) is 1. The summed E-state index contributed by atoms with van der Waals surface area (Å²) < 4.78 is 23.3. The number of carbonyl (C=O) groups excluding carboxylic acids is 2. The molecule has 1 aliphatic heterocycles. The molecule has 2 amide bonds. The van der Waals surface area contributed by atoms with E-state index in [4.69, 9.17) is 4.74 Å². The largest absolute Gasteiger partial charge is 0.453 e. The lowest BCUT2D eigenvalue weighted by Gasteiger charge is -2.13. The summed E-state index contributed by atoms with van der Waals surface area (Å²) in [6.07, 6.45) is 1.60. The number of carbonyl (C=O) groups is 2. The van der Waals surface area contributed by atoms with Gasteiger partial charge in [-0.05, 0) is 37.6 Å². The van der Waals surface area contributed by atoms with Crippen molar-refractivity contribution < 1.29 is 23.8 Å². The fourth-order valence-corrected chi connectivity index (χ4v) is 5.15. The number of likely N-dealkylation sites (tertiary alicyclic amines) is 1. The maximum absolute atomic E-state index is 15.3. The number of hydrogen-bond donors (Lipinski definition) is 2. The van der Waals surface area contributed by atoms with Gasteiger partial charge < -0.3 is 20.1 Å². The number of rotatable bonds is 3. The molecule has 170 valence electrons. The van der Waals surface area contributed by atoms with Crippen molar-refractivity contribution in [1.29, 1.82) is 0 Å². The fraction of sp³-hybridized carbons (Fsp3) is 0.261. The fourth-order valence-electron chi connectivity index (χ4n) is 4.12. The summed E-state index contributed by atoms with van der Waals surface area (Å²) >= 11 is 1.22. The van der Waals surface area contributed by atoms with Gasteiger partial charge in [0.15, 0.2) is 11.6 Å². The molecule has 0 spiro atoms. The molecule has 33 heavy (non-hydrogen) atoms. The maximum Gasteiger partial charge on any atom is 0.325 e. The van der Waals surface area contributed by atoms with E-state index in [1.165, 1.54) is 29.0 Å². The van der Waals surface area contributed by atoms with E-state index in [-0.39, 0.29) is 23.1 Å². The topological polar surface area (TPSA) is 96.7 Å². The predicted octanol–water partition coefficient (Wildman–Crippen LogP) is 3.89. The van der Waals surface area contributed by atoms with Gasteiger partial charge in [0.1, 0.15) is 5.75 Å². The smallest absolute Gasteiger partial charge is 0.325 e. The van der Waals surface area contributed by atoms with Crippen LogP contribution in [-0.4, -0.2) is 57.7 Å². The Balaban J connectivity index is 1.50. The molecule has 8 nitrogen and oxygen atoms in total. The number of aliphatic hydroxyl groups is 1. The minimum Gasteiger partial charge on any atom is -0.453 e. The van der Waals surface area contributed by atoms with Crippen LogP contribution in [-0.2, 0) is 0 Å². The molecule has 4 aromatic rings. The van der Waals surface area contributed by atoms with Gasteiger partial charge in [-0.25, -0.2) is 9.18 Å². The molecule has 0 saturated carbocycles. The highest BCUT2D eigenvalue weighted by Crippen LogP contribution is 2.38. The summed E-state index contributed by atoms with van der Waals surface area (Å²) in [6.45, 7) is 2.54. The Hall–Kier alpha value is -3.50. The highest BCUT2D eigenvalue weighted by molar-refractivity contribution is 7.21. The molecule has 0 radical (unpaired) electrons. The average molecular weight is 469 g/mol. The Kier molecular flexibility index (Phi) is 5.26. The standard InChI is InChI=1S/C23H21FN4O4S/c1-12-9-14-16(28(12)23(31)25-2)3-4-17(20(14)24)32-18-5-7-26-15-10-19(33-21(15)18)22(30)27-8-6-13(29)11-27/h3-5,7,9-10,13,29H,6,8,11H2,1-2H3,(H,25,31)/t13-/m0/s1. The number of nitrogens with zero attached hydrogens (tertiary/aromatic N) is 3. The lowest BCUT2D eigenvalue weighted by Crippen LogP contribution is -2.28. The zero-order chi connectivity index (χ0) is 23.3. The van der Waals surface area contributed by atoms with Crippen molar-refractivity contribution in [3.8, 4) is 11.5 Å². The van der Waals surface area contributed by atoms with Gasteiger partial charge in [-0.3, -0.25) is 14.3 Å².